The Bertz CT molecular complexity index is 352. The normalized spacial score (nSPS) is 8.85. The van der Waals surface area contributed by atoms with E-state index in [1.807, 2.05) is 81.3 Å². The molecular weight excluding hydrogens is 324 g/mol. The molecule has 0 saturated carbocycles. The van der Waals surface area contributed by atoms with Crippen LogP contribution in [-0.4, -0.2) is 43.7 Å². The lowest BCUT2D eigenvalue weighted by atomic mass is 10.3. The molecule has 0 aliphatic carbocycles. The van der Waals surface area contributed by atoms with E-state index >= 15 is 0 Å². The third-order valence-electron chi connectivity index (χ3n) is 1.49. The molecule has 5 nitrogen and oxygen atoms in total. The van der Waals surface area contributed by atoms with Crippen molar-refractivity contribution in [3.63, 3.8) is 0 Å². The Kier molecular flexibility index (Phi) is 74.7. The molecular formula is C21H46N4O. The van der Waals surface area contributed by atoms with Crippen LogP contribution >= 0.6 is 0 Å². The van der Waals surface area contributed by atoms with Gasteiger partial charge in [0.1, 0.15) is 0 Å². The second kappa shape index (κ2) is 49.5. The fraction of sp³-hybridized carbons (Fsp3) is 0.619. The zero-order chi connectivity index (χ0) is 22.4. The van der Waals surface area contributed by atoms with Crippen LogP contribution in [0.2, 0.25) is 0 Å². The third kappa shape index (κ3) is 67.2. The van der Waals surface area contributed by atoms with Crippen molar-refractivity contribution in [2.24, 2.45) is 16.5 Å². The number of allylic oxidation sites excluding steroid dienone is 1. The van der Waals surface area contributed by atoms with E-state index in [0.717, 1.165) is 6.54 Å². The van der Waals surface area contributed by atoms with Gasteiger partial charge in [0.25, 0.3) is 0 Å². The predicted octanol–water partition coefficient (Wildman–Crippen LogP) is 4.25. The van der Waals surface area contributed by atoms with E-state index in [1.165, 1.54) is 6.08 Å². The van der Waals surface area contributed by atoms with Crippen molar-refractivity contribution in [3.8, 4) is 12.3 Å². The Hall–Kier alpha value is -1.90. The molecule has 0 amide bonds. The highest BCUT2D eigenvalue weighted by molar-refractivity contribution is 5.96. The largest absolute Gasteiger partial charge is 0.377 e. The lowest BCUT2D eigenvalue weighted by molar-refractivity contribution is -0.113. The van der Waals surface area contributed by atoms with Crippen molar-refractivity contribution in [3.05, 3.63) is 24.4 Å². The second-order valence-corrected chi connectivity index (χ2v) is 3.48. The molecule has 0 bridgehead atoms. The summed E-state index contributed by atoms with van der Waals surface area (Å²) in [7, 11) is 3.88. The molecule has 0 aliphatic rings. The first-order valence-corrected chi connectivity index (χ1v) is 9.43. The molecule has 0 aromatic carbocycles. The van der Waals surface area contributed by atoms with Gasteiger partial charge in [0, 0.05) is 12.7 Å². The standard InChI is InChI=1S/C7H14N2O.C6H8N2.4C2H6/c1-9(2)5-3-4-7(10)6-8;1-3-5-8-6(7)4-2;4*1-2/h3-4H,5-6,8H2,1-2H3;2-3,5H,1H3,(H2,7,8);4*1-2H3/b4-3+;5-3-;;;;. The van der Waals surface area contributed by atoms with Crippen molar-refractivity contribution in [2.45, 2.75) is 62.3 Å². The van der Waals surface area contributed by atoms with Gasteiger partial charge < -0.3 is 16.4 Å². The molecule has 0 unspecified atom stereocenters. The van der Waals surface area contributed by atoms with Crippen LogP contribution in [-0.2, 0) is 4.79 Å². The number of carbonyl (C=O) groups is 1. The zero-order valence-electron chi connectivity index (χ0n) is 19.3. The molecule has 5 heteroatoms. The van der Waals surface area contributed by atoms with E-state index in [9.17, 15) is 4.79 Å². The van der Waals surface area contributed by atoms with Gasteiger partial charge in [0.15, 0.2) is 11.6 Å². The Morgan fingerprint density at radius 1 is 1.08 bits per heavy atom. The Balaban J connectivity index is -0.0000000559. The number of terminal acetylenes is 1. The van der Waals surface area contributed by atoms with Crippen LogP contribution < -0.4 is 11.5 Å². The van der Waals surface area contributed by atoms with Gasteiger partial charge in [-0.1, -0.05) is 67.5 Å². The first-order chi connectivity index (χ1) is 12.5. The van der Waals surface area contributed by atoms with Gasteiger partial charge in [0.05, 0.1) is 6.54 Å². The molecule has 0 aromatic heterocycles. The summed E-state index contributed by atoms with van der Waals surface area (Å²) in [4.78, 5) is 16.2. The van der Waals surface area contributed by atoms with Gasteiger partial charge in [-0.2, -0.15) is 0 Å². The van der Waals surface area contributed by atoms with Crippen molar-refractivity contribution in [2.75, 3.05) is 27.2 Å². The van der Waals surface area contributed by atoms with Crippen LogP contribution in [0.3, 0.4) is 0 Å². The highest BCUT2D eigenvalue weighted by Gasteiger charge is 1.88. The summed E-state index contributed by atoms with van der Waals surface area (Å²) in [6, 6.07) is 0. The minimum absolute atomic E-state index is 0.0261. The molecule has 0 aromatic rings. The maximum absolute atomic E-state index is 10.6. The first kappa shape index (κ1) is 39.3. The number of hydrogen-bond donors (Lipinski definition) is 2. The van der Waals surface area contributed by atoms with Crippen LogP contribution in [0.25, 0.3) is 0 Å². The van der Waals surface area contributed by atoms with Crippen molar-refractivity contribution in [1.29, 1.82) is 0 Å². The summed E-state index contributed by atoms with van der Waals surface area (Å²) in [5.41, 5.74) is 10.2. The van der Waals surface area contributed by atoms with E-state index in [-0.39, 0.29) is 18.2 Å². The smallest absolute Gasteiger partial charge is 0.175 e. The van der Waals surface area contributed by atoms with Crippen molar-refractivity contribution < 1.29 is 4.79 Å². The third-order valence-corrected chi connectivity index (χ3v) is 1.49. The molecule has 26 heavy (non-hydrogen) atoms. The lowest BCUT2D eigenvalue weighted by Gasteiger charge is -2.02. The Morgan fingerprint density at radius 3 is 1.77 bits per heavy atom. The molecule has 0 saturated heterocycles. The lowest BCUT2D eigenvalue weighted by Crippen LogP contribution is -2.13. The van der Waals surface area contributed by atoms with Gasteiger partial charge >= 0.3 is 0 Å². The number of likely N-dealkylation sites (N-methyl/N-ethyl adjacent to an activating group) is 1. The van der Waals surface area contributed by atoms with Gasteiger partial charge in [-0.05, 0) is 33.0 Å². The molecule has 0 aliphatic heterocycles. The molecule has 0 spiro atoms. The predicted molar refractivity (Wildman–Crippen MR) is 122 cm³/mol. The van der Waals surface area contributed by atoms with Crippen LogP contribution in [0.15, 0.2) is 29.4 Å². The van der Waals surface area contributed by atoms with Crippen LogP contribution in [0, 0.1) is 12.3 Å². The first-order valence-electron chi connectivity index (χ1n) is 9.43. The summed E-state index contributed by atoms with van der Waals surface area (Å²) in [5, 5.41) is 0. The van der Waals surface area contributed by atoms with Crippen molar-refractivity contribution >= 4 is 11.6 Å². The highest BCUT2D eigenvalue weighted by Crippen LogP contribution is 1.78. The van der Waals surface area contributed by atoms with Crippen LogP contribution in [0.5, 0.6) is 0 Å². The topological polar surface area (TPSA) is 84.7 Å². The van der Waals surface area contributed by atoms with Crippen LogP contribution in [0.1, 0.15) is 62.3 Å². The minimum atomic E-state index is -0.0261. The second-order valence-electron chi connectivity index (χ2n) is 3.48. The summed E-state index contributed by atoms with van der Waals surface area (Å²) in [5.74, 6) is 2.36. The summed E-state index contributed by atoms with van der Waals surface area (Å²) >= 11 is 0. The maximum Gasteiger partial charge on any atom is 0.175 e. The molecule has 0 fully saturated rings. The average molecular weight is 371 g/mol. The van der Waals surface area contributed by atoms with E-state index in [0.29, 0.717) is 0 Å². The number of nitrogens with two attached hydrogens (primary N) is 2. The summed E-state index contributed by atoms with van der Waals surface area (Å²) in [6.07, 6.45) is 11.5. The van der Waals surface area contributed by atoms with Gasteiger partial charge in [-0.25, -0.2) is 4.99 Å². The maximum atomic E-state index is 10.6. The Morgan fingerprint density at radius 2 is 1.50 bits per heavy atom. The zero-order valence-corrected chi connectivity index (χ0v) is 19.3. The molecule has 0 atom stereocenters. The van der Waals surface area contributed by atoms with Gasteiger partial charge in [-0.15, -0.1) is 6.42 Å². The summed E-state index contributed by atoms with van der Waals surface area (Å²) in [6.45, 7) is 18.7. The molecule has 0 heterocycles. The minimum Gasteiger partial charge on any atom is -0.377 e. The van der Waals surface area contributed by atoms with Gasteiger partial charge in [-0.3, -0.25) is 4.79 Å². The quantitative estimate of drug-likeness (QED) is 0.328. The van der Waals surface area contributed by atoms with E-state index in [4.69, 9.17) is 17.9 Å². The molecule has 4 N–H and O–H groups in total. The van der Waals surface area contributed by atoms with Gasteiger partial charge in [0.2, 0.25) is 0 Å². The molecule has 0 radical (unpaired) electrons. The highest BCUT2D eigenvalue weighted by atomic mass is 16.1. The van der Waals surface area contributed by atoms with E-state index < -0.39 is 0 Å². The molecule has 156 valence electrons. The number of amidine groups is 1. The van der Waals surface area contributed by atoms with Crippen LogP contribution in [0.4, 0.5) is 0 Å². The monoisotopic (exact) mass is 370 g/mol. The number of ketones is 1. The number of carbonyl (C=O) groups excluding carboxylic acids is 1. The number of hydrogen-bond acceptors (Lipinski definition) is 4. The average Bonchev–Trinajstić information content (AvgIpc) is 2.72. The fourth-order valence-corrected chi connectivity index (χ4v) is 0.655. The molecule has 0 rings (SSSR count). The number of rotatable bonds is 5. The SMILES string of the molecule is C#CC(N)=N/C=C\C.CC.CC.CC.CC.CN(C)C/C=C/C(=O)CN. The fourth-order valence-electron chi connectivity index (χ4n) is 0.655. The number of aliphatic imine (C=N–C) groups is 1. The Labute approximate surface area is 164 Å². The number of nitrogens with zero attached hydrogens (tertiary/aromatic N) is 2. The van der Waals surface area contributed by atoms with E-state index in [1.54, 1.807) is 18.4 Å². The van der Waals surface area contributed by atoms with Crippen molar-refractivity contribution in [1.82, 2.24) is 4.90 Å². The summed E-state index contributed by atoms with van der Waals surface area (Å²) < 4.78 is 0. The van der Waals surface area contributed by atoms with E-state index in [2.05, 4.69) is 10.9 Å².